The molecule has 0 bridgehead atoms. The van der Waals surface area contributed by atoms with Gasteiger partial charge in [-0.05, 0) is 69.2 Å². The lowest BCUT2D eigenvalue weighted by atomic mass is 9.86. The van der Waals surface area contributed by atoms with E-state index in [1.54, 1.807) is 11.3 Å². The van der Waals surface area contributed by atoms with Crippen molar-refractivity contribution in [1.82, 2.24) is 10.3 Å². The second-order valence-electron chi connectivity index (χ2n) is 10.4. The number of nitrogens with one attached hydrogen (secondary N) is 1. The molecule has 5 heteroatoms. The van der Waals surface area contributed by atoms with Gasteiger partial charge in [-0.2, -0.15) is 5.26 Å². The molecular formula is C29H35N3OS. The highest BCUT2D eigenvalue weighted by atomic mass is 32.1. The van der Waals surface area contributed by atoms with Crippen molar-refractivity contribution in [3.05, 3.63) is 58.3 Å². The summed E-state index contributed by atoms with van der Waals surface area (Å²) in [4.78, 5) is 5.98. The van der Waals surface area contributed by atoms with Crippen LogP contribution in [0.4, 0.5) is 0 Å². The summed E-state index contributed by atoms with van der Waals surface area (Å²) >= 11 is 1.73. The van der Waals surface area contributed by atoms with Gasteiger partial charge in [-0.25, -0.2) is 4.98 Å². The molecule has 0 spiro atoms. The number of thiazole rings is 1. The lowest BCUT2D eigenvalue weighted by Crippen LogP contribution is -2.34. The van der Waals surface area contributed by atoms with Crippen molar-refractivity contribution < 1.29 is 4.74 Å². The molecule has 1 aromatic heterocycles. The summed E-state index contributed by atoms with van der Waals surface area (Å²) in [7, 11) is 0. The van der Waals surface area contributed by atoms with Crippen molar-refractivity contribution >= 4 is 16.9 Å². The summed E-state index contributed by atoms with van der Waals surface area (Å²) in [6.07, 6.45) is 16.0. The molecule has 0 saturated heterocycles. The van der Waals surface area contributed by atoms with E-state index in [1.165, 1.54) is 60.1 Å². The van der Waals surface area contributed by atoms with Gasteiger partial charge in [-0.15, -0.1) is 11.3 Å². The molecule has 1 fully saturated rings. The van der Waals surface area contributed by atoms with Crippen molar-refractivity contribution in [3.63, 3.8) is 0 Å². The van der Waals surface area contributed by atoms with E-state index in [4.69, 9.17) is 9.72 Å². The quantitative estimate of drug-likeness (QED) is 0.484. The third-order valence-corrected chi connectivity index (χ3v) is 8.61. The van der Waals surface area contributed by atoms with E-state index in [-0.39, 0.29) is 6.10 Å². The zero-order valence-electron chi connectivity index (χ0n) is 20.6. The molecule has 0 radical (unpaired) electrons. The highest BCUT2D eigenvalue weighted by Crippen LogP contribution is 2.42. The fourth-order valence-corrected chi connectivity index (χ4v) is 6.84. The highest BCUT2D eigenvalue weighted by Gasteiger charge is 2.34. The third-order valence-electron chi connectivity index (χ3n) is 7.53. The average molecular weight is 474 g/mol. The van der Waals surface area contributed by atoms with Crippen LogP contribution < -0.4 is 5.32 Å². The average Bonchev–Trinajstić information content (AvgIpc) is 3.47. The number of hydrogen-bond acceptors (Lipinski definition) is 5. The molecule has 1 heterocycles. The van der Waals surface area contributed by atoms with Crippen LogP contribution in [-0.2, 0) is 11.2 Å². The first kappa shape index (κ1) is 23.5. The number of benzene rings is 1. The lowest BCUT2D eigenvalue weighted by Gasteiger charge is -2.33. The normalized spacial score (nSPS) is 25.1. The fraction of sp³-hybridized carbons (Fsp3) is 0.517. The zero-order chi connectivity index (χ0) is 23.7. The minimum absolute atomic E-state index is 0.0692. The van der Waals surface area contributed by atoms with E-state index in [1.807, 2.05) is 33.0 Å². The molecule has 178 valence electrons. The molecule has 3 aliphatic carbocycles. The number of aromatic nitrogens is 1. The first-order chi connectivity index (χ1) is 16.5. The van der Waals surface area contributed by atoms with Crippen LogP contribution in [0.2, 0.25) is 0 Å². The summed E-state index contributed by atoms with van der Waals surface area (Å²) < 4.78 is 6.10. The van der Waals surface area contributed by atoms with Crippen molar-refractivity contribution in [2.24, 2.45) is 0 Å². The molecule has 1 N–H and O–H groups in total. The Balaban J connectivity index is 1.37. The SMILES string of the molecule is CC(C)OC1(C)CC=C(c2ncc(-c3cccc4c3CCC4NC3CCCCC3)s2)C=C1C#N. The van der Waals surface area contributed by atoms with E-state index in [0.29, 0.717) is 24.1 Å². The van der Waals surface area contributed by atoms with Gasteiger partial charge in [0, 0.05) is 30.3 Å². The number of allylic oxidation sites excluding steroid dienone is 2. The lowest BCUT2D eigenvalue weighted by molar-refractivity contribution is -0.0385. The Morgan fingerprint density at radius 1 is 1.21 bits per heavy atom. The molecule has 1 saturated carbocycles. The number of fused-ring (bicyclic) bond motifs is 1. The Morgan fingerprint density at radius 2 is 2.03 bits per heavy atom. The number of nitrogens with zero attached hydrogens (tertiary/aromatic N) is 2. The van der Waals surface area contributed by atoms with Gasteiger partial charge in [0.1, 0.15) is 10.6 Å². The van der Waals surface area contributed by atoms with Gasteiger partial charge in [0.25, 0.3) is 0 Å². The molecule has 1 aromatic carbocycles. The molecule has 0 amide bonds. The Labute approximate surface area is 207 Å². The predicted molar refractivity (Wildman–Crippen MR) is 140 cm³/mol. The maximum absolute atomic E-state index is 9.79. The summed E-state index contributed by atoms with van der Waals surface area (Å²) in [5.41, 5.74) is 5.42. The number of rotatable bonds is 6. The van der Waals surface area contributed by atoms with Gasteiger partial charge >= 0.3 is 0 Å². The fourth-order valence-electron chi connectivity index (χ4n) is 5.86. The van der Waals surface area contributed by atoms with E-state index < -0.39 is 5.60 Å². The molecule has 3 aliphatic rings. The maximum Gasteiger partial charge on any atom is 0.123 e. The van der Waals surface area contributed by atoms with E-state index in [9.17, 15) is 5.26 Å². The van der Waals surface area contributed by atoms with Gasteiger partial charge < -0.3 is 10.1 Å². The van der Waals surface area contributed by atoms with Crippen molar-refractivity contribution in [3.8, 4) is 16.5 Å². The van der Waals surface area contributed by atoms with Crippen LogP contribution in [0, 0.1) is 11.3 Å². The van der Waals surface area contributed by atoms with Crippen LogP contribution >= 0.6 is 11.3 Å². The first-order valence-electron chi connectivity index (χ1n) is 12.8. The molecule has 2 aromatic rings. The monoisotopic (exact) mass is 473 g/mol. The molecule has 4 nitrogen and oxygen atoms in total. The van der Waals surface area contributed by atoms with Crippen molar-refractivity contribution in [2.75, 3.05) is 0 Å². The maximum atomic E-state index is 9.79. The predicted octanol–water partition coefficient (Wildman–Crippen LogP) is 7.14. The number of ether oxygens (including phenoxy) is 1. The molecular weight excluding hydrogens is 438 g/mol. The Bertz CT molecular complexity index is 1150. The summed E-state index contributed by atoms with van der Waals surface area (Å²) in [5, 5.41) is 14.7. The largest absolute Gasteiger partial charge is 0.367 e. The smallest absolute Gasteiger partial charge is 0.123 e. The van der Waals surface area contributed by atoms with Crippen LogP contribution in [0.25, 0.3) is 16.0 Å². The zero-order valence-corrected chi connectivity index (χ0v) is 21.4. The van der Waals surface area contributed by atoms with Gasteiger partial charge in [0.15, 0.2) is 0 Å². The van der Waals surface area contributed by atoms with Crippen molar-refractivity contribution in [1.29, 1.82) is 5.26 Å². The second-order valence-corrected chi connectivity index (χ2v) is 11.5. The Hall–Kier alpha value is -2.26. The van der Waals surface area contributed by atoms with Gasteiger partial charge in [0.2, 0.25) is 0 Å². The van der Waals surface area contributed by atoms with Crippen LogP contribution in [0.15, 0.2) is 42.1 Å². The van der Waals surface area contributed by atoms with E-state index in [2.05, 4.69) is 35.7 Å². The standard InChI is InChI=1S/C29H35N3OS/c1-19(2)33-29(3)15-14-20(16-21(29)17-30)28-31-18-27(34-28)25-11-7-10-24-23(25)12-13-26(24)32-22-8-5-4-6-9-22/h7,10-11,14,16,18-19,22,26,32H,4-6,8-9,12-13,15H2,1-3H3. The van der Waals surface area contributed by atoms with Crippen LogP contribution in [-0.4, -0.2) is 22.7 Å². The molecule has 2 atom stereocenters. The minimum atomic E-state index is -0.562. The topological polar surface area (TPSA) is 57.9 Å². The van der Waals surface area contributed by atoms with Gasteiger partial charge in [0.05, 0.1) is 22.6 Å². The Morgan fingerprint density at radius 3 is 2.79 bits per heavy atom. The van der Waals surface area contributed by atoms with E-state index >= 15 is 0 Å². The first-order valence-corrected chi connectivity index (χ1v) is 13.6. The van der Waals surface area contributed by atoms with Crippen LogP contribution in [0.3, 0.4) is 0 Å². The van der Waals surface area contributed by atoms with Gasteiger partial charge in [-0.1, -0.05) is 43.5 Å². The summed E-state index contributed by atoms with van der Waals surface area (Å²) in [6.45, 7) is 6.04. The van der Waals surface area contributed by atoms with Crippen LogP contribution in [0.1, 0.15) is 87.9 Å². The second kappa shape index (κ2) is 9.77. The van der Waals surface area contributed by atoms with Crippen molar-refractivity contribution in [2.45, 2.75) is 95.9 Å². The molecule has 2 unspecified atom stereocenters. The Kier molecular flexibility index (Phi) is 6.75. The third kappa shape index (κ3) is 4.64. The number of hydrogen-bond donors (Lipinski definition) is 1. The highest BCUT2D eigenvalue weighted by molar-refractivity contribution is 7.16. The molecule has 34 heavy (non-hydrogen) atoms. The van der Waals surface area contributed by atoms with Crippen LogP contribution in [0.5, 0.6) is 0 Å². The number of nitriles is 1. The molecule has 0 aliphatic heterocycles. The summed E-state index contributed by atoms with van der Waals surface area (Å²) in [6, 6.07) is 10.3. The van der Waals surface area contributed by atoms with E-state index in [0.717, 1.165) is 17.0 Å². The van der Waals surface area contributed by atoms with Gasteiger partial charge in [-0.3, -0.25) is 0 Å². The summed E-state index contributed by atoms with van der Waals surface area (Å²) in [5.74, 6) is 0. The minimum Gasteiger partial charge on any atom is -0.367 e. The molecule has 5 rings (SSSR count).